The summed E-state index contributed by atoms with van der Waals surface area (Å²) in [5, 5.41) is 9.91. The van der Waals surface area contributed by atoms with Gasteiger partial charge in [0.2, 0.25) is 0 Å². The summed E-state index contributed by atoms with van der Waals surface area (Å²) in [6.45, 7) is 10.6. The molecule has 5 nitrogen and oxygen atoms in total. The number of allylic oxidation sites excluding steroid dienone is 2. The molecule has 1 aromatic carbocycles. The minimum Gasteiger partial charge on any atom is -0.478 e. The third-order valence-corrected chi connectivity index (χ3v) is 6.13. The van der Waals surface area contributed by atoms with Gasteiger partial charge in [0.05, 0.1) is 22.6 Å². The number of carboxylic acids is 1. The van der Waals surface area contributed by atoms with E-state index in [2.05, 4.69) is 0 Å². The fourth-order valence-corrected chi connectivity index (χ4v) is 3.33. The van der Waals surface area contributed by atoms with Gasteiger partial charge < -0.3 is 14.7 Å². The lowest BCUT2D eigenvalue weighted by Gasteiger charge is -2.37. The molecule has 0 radical (unpaired) electrons. The fourth-order valence-electron chi connectivity index (χ4n) is 3.33. The van der Waals surface area contributed by atoms with Gasteiger partial charge in [0.1, 0.15) is 5.60 Å². The molecule has 1 N–H and O–H groups in total. The van der Waals surface area contributed by atoms with Crippen molar-refractivity contribution in [2.24, 2.45) is 5.92 Å². The summed E-state index contributed by atoms with van der Waals surface area (Å²) in [5.74, 6) is -3.03. The van der Waals surface area contributed by atoms with Gasteiger partial charge in [-0.25, -0.2) is 9.59 Å². The van der Waals surface area contributed by atoms with Crippen LogP contribution in [0, 0.1) is 5.92 Å². The summed E-state index contributed by atoms with van der Waals surface area (Å²) < 4.78 is 44.8. The van der Waals surface area contributed by atoms with Crippen LogP contribution in [0.5, 0.6) is 0 Å². The zero-order valence-corrected chi connectivity index (χ0v) is 18.7. The lowest BCUT2D eigenvalue weighted by molar-refractivity contribution is -0.156. The third-order valence-electron chi connectivity index (χ3n) is 6.13. The normalized spacial score (nSPS) is 18.0. The van der Waals surface area contributed by atoms with Crippen molar-refractivity contribution >= 4 is 11.9 Å². The van der Waals surface area contributed by atoms with Gasteiger partial charge in [0.25, 0.3) is 0 Å². The van der Waals surface area contributed by atoms with Crippen LogP contribution in [0.4, 0.5) is 13.2 Å². The predicted molar refractivity (Wildman–Crippen MR) is 110 cm³/mol. The van der Waals surface area contributed by atoms with Crippen LogP contribution < -0.4 is 0 Å². The first kappa shape index (κ1) is 24.5. The molecule has 31 heavy (non-hydrogen) atoms. The standard InChI is InChI=1S/C23H28F3NO4/c1-12(2)22(5,6)31-21(30)18-14(4)27(7)13(3)17(20(28)29)19(18)15-8-10-16(11-9-15)23(24,25)26/h8-12,19H,1-7H3,(H,28,29). The molecule has 1 aliphatic rings. The molecule has 0 amide bonds. The number of carbonyl (C=O) groups excluding carboxylic acids is 1. The molecule has 2 rings (SSSR count). The highest BCUT2D eigenvalue weighted by molar-refractivity contribution is 5.99. The summed E-state index contributed by atoms with van der Waals surface area (Å²) in [6.07, 6.45) is -4.53. The van der Waals surface area contributed by atoms with Gasteiger partial charge in [-0.2, -0.15) is 13.2 Å². The Labute approximate surface area is 180 Å². The number of nitrogens with zero attached hydrogens (tertiary/aromatic N) is 1. The molecule has 1 atom stereocenters. The number of hydrogen-bond donors (Lipinski definition) is 1. The van der Waals surface area contributed by atoms with Crippen LogP contribution in [0.3, 0.4) is 0 Å². The second kappa shape index (κ2) is 8.40. The van der Waals surface area contributed by atoms with Crippen molar-refractivity contribution in [1.82, 2.24) is 4.90 Å². The molecular weight excluding hydrogens is 411 g/mol. The maximum Gasteiger partial charge on any atom is 0.416 e. The summed E-state index contributed by atoms with van der Waals surface area (Å²) in [6, 6.07) is 4.20. The number of alkyl halides is 3. The monoisotopic (exact) mass is 439 g/mol. The first-order chi connectivity index (χ1) is 14.1. The molecule has 0 spiro atoms. The maximum absolute atomic E-state index is 13.3. The molecular formula is C23H28F3NO4. The van der Waals surface area contributed by atoms with Crippen molar-refractivity contribution in [2.45, 2.75) is 59.2 Å². The minimum atomic E-state index is -4.53. The Morgan fingerprint density at radius 2 is 1.52 bits per heavy atom. The number of benzene rings is 1. The van der Waals surface area contributed by atoms with Crippen LogP contribution in [-0.4, -0.2) is 34.6 Å². The van der Waals surface area contributed by atoms with Gasteiger partial charge in [-0.15, -0.1) is 0 Å². The Hall–Kier alpha value is -2.77. The Morgan fingerprint density at radius 3 is 1.94 bits per heavy atom. The second-order valence-corrected chi connectivity index (χ2v) is 8.56. The molecule has 170 valence electrons. The molecule has 0 saturated carbocycles. The van der Waals surface area contributed by atoms with E-state index < -0.39 is 35.2 Å². The molecule has 0 bridgehead atoms. The summed E-state index contributed by atoms with van der Waals surface area (Å²) >= 11 is 0. The van der Waals surface area contributed by atoms with Gasteiger partial charge in [-0.3, -0.25) is 0 Å². The Balaban J connectivity index is 2.67. The number of hydrogen-bond acceptors (Lipinski definition) is 4. The second-order valence-electron chi connectivity index (χ2n) is 8.56. The molecule has 0 aliphatic carbocycles. The summed E-state index contributed by atoms with van der Waals surface area (Å²) in [7, 11) is 1.64. The number of halogens is 3. The van der Waals surface area contributed by atoms with Gasteiger partial charge >= 0.3 is 18.1 Å². The number of ether oxygens (including phenoxy) is 1. The molecule has 1 aromatic rings. The average Bonchev–Trinajstić information content (AvgIpc) is 2.64. The molecule has 8 heteroatoms. The molecule has 1 unspecified atom stereocenters. The van der Waals surface area contributed by atoms with E-state index in [1.165, 1.54) is 12.1 Å². The lowest BCUT2D eigenvalue weighted by Crippen LogP contribution is -2.38. The van der Waals surface area contributed by atoms with Crippen molar-refractivity contribution in [3.05, 3.63) is 57.9 Å². The van der Waals surface area contributed by atoms with Gasteiger partial charge in [-0.1, -0.05) is 26.0 Å². The number of aliphatic carboxylic acids is 1. The molecule has 0 saturated heterocycles. The van der Waals surface area contributed by atoms with Crippen molar-refractivity contribution in [1.29, 1.82) is 0 Å². The van der Waals surface area contributed by atoms with E-state index in [1.54, 1.807) is 39.6 Å². The molecule has 1 heterocycles. The first-order valence-corrected chi connectivity index (χ1v) is 9.88. The quantitative estimate of drug-likeness (QED) is 0.627. The Morgan fingerprint density at radius 1 is 1.03 bits per heavy atom. The summed E-state index contributed by atoms with van der Waals surface area (Å²) in [4.78, 5) is 27.0. The van der Waals surface area contributed by atoms with Gasteiger partial charge in [-0.05, 0) is 51.3 Å². The number of esters is 1. The molecule has 1 aliphatic heterocycles. The smallest absolute Gasteiger partial charge is 0.416 e. The van der Waals surface area contributed by atoms with Gasteiger partial charge in [0, 0.05) is 18.4 Å². The van der Waals surface area contributed by atoms with E-state index in [-0.39, 0.29) is 22.6 Å². The maximum atomic E-state index is 13.3. The van der Waals surface area contributed by atoms with Crippen LogP contribution in [-0.2, 0) is 20.5 Å². The Kier molecular flexibility index (Phi) is 6.64. The van der Waals surface area contributed by atoms with Crippen LogP contribution in [0.15, 0.2) is 46.8 Å². The van der Waals surface area contributed by atoms with E-state index in [1.807, 2.05) is 13.8 Å². The van der Waals surface area contributed by atoms with E-state index in [0.717, 1.165) is 12.1 Å². The zero-order valence-electron chi connectivity index (χ0n) is 18.7. The highest BCUT2D eigenvalue weighted by Gasteiger charge is 2.41. The van der Waals surface area contributed by atoms with E-state index in [0.29, 0.717) is 11.4 Å². The van der Waals surface area contributed by atoms with Crippen molar-refractivity contribution in [3.63, 3.8) is 0 Å². The fraction of sp³-hybridized carbons (Fsp3) is 0.478. The van der Waals surface area contributed by atoms with Gasteiger partial charge in [0.15, 0.2) is 0 Å². The molecule has 0 aromatic heterocycles. The van der Waals surface area contributed by atoms with E-state index in [9.17, 15) is 27.9 Å². The minimum absolute atomic E-state index is 0.0144. The predicted octanol–water partition coefficient (Wildman–Crippen LogP) is 5.34. The zero-order chi connectivity index (χ0) is 23.9. The van der Waals surface area contributed by atoms with Crippen molar-refractivity contribution < 1.29 is 32.6 Å². The topological polar surface area (TPSA) is 66.8 Å². The van der Waals surface area contributed by atoms with E-state index >= 15 is 0 Å². The largest absolute Gasteiger partial charge is 0.478 e. The molecule has 0 fully saturated rings. The Bertz CT molecular complexity index is 941. The highest BCUT2D eigenvalue weighted by Crippen LogP contribution is 2.43. The highest BCUT2D eigenvalue weighted by atomic mass is 19.4. The van der Waals surface area contributed by atoms with E-state index in [4.69, 9.17) is 4.74 Å². The van der Waals surface area contributed by atoms with Crippen LogP contribution >= 0.6 is 0 Å². The SMILES string of the molecule is CC1=C(C(=O)O)C(c2ccc(C(F)(F)F)cc2)C(C(=O)OC(C)(C)C(C)C)=C(C)N1C. The number of rotatable bonds is 5. The summed E-state index contributed by atoms with van der Waals surface area (Å²) in [5.41, 5.74) is -0.514. The van der Waals surface area contributed by atoms with Crippen LogP contribution in [0.1, 0.15) is 58.6 Å². The lowest BCUT2D eigenvalue weighted by atomic mass is 9.79. The van der Waals surface area contributed by atoms with Crippen molar-refractivity contribution in [2.75, 3.05) is 7.05 Å². The van der Waals surface area contributed by atoms with Crippen LogP contribution in [0.25, 0.3) is 0 Å². The van der Waals surface area contributed by atoms with Crippen LogP contribution in [0.2, 0.25) is 0 Å². The number of carbonyl (C=O) groups is 2. The van der Waals surface area contributed by atoms with Crippen molar-refractivity contribution in [3.8, 4) is 0 Å². The third kappa shape index (κ3) is 4.78. The number of carboxylic acid groups (broad SMARTS) is 1. The average molecular weight is 439 g/mol. The first-order valence-electron chi connectivity index (χ1n) is 9.88.